The van der Waals surface area contributed by atoms with Gasteiger partial charge in [-0.3, -0.25) is 24.6 Å². The summed E-state index contributed by atoms with van der Waals surface area (Å²) < 4.78 is 13.1. The lowest BCUT2D eigenvalue weighted by atomic mass is 10.1. The molecule has 2 amide bonds. The van der Waals surface area contributed by atoms with E-state index in [0.717, 1.165) is 26.7 Å². The average Bonchev–Trinajstić information content (AvgIpc) is 3.11. The van der Waals surface area contributed by atoms with Crippen LogP contribution in [0.2, 0.25) is 0 Å². The number of hydrogen-bond acceptors (Lipinski definition) is 7. The smallest absolute Gasteiger partial charge is 0.293 e. The lowest BCUT2D eigenvalue weighted by Gasteiger charge is -2.14. The fraction of sp³-hybridized carbons (Fsp3) is 0.120. The average molecular weight is 634 g/mol. The molecule has 0 spiro atoms. The molecule has 11 heteroatoms. The number of nitro benzene ring substituents is 1. The number of nitro groups is 1. The molecular weight excluding hydrogens is 616 g/mol. The maximum atomic E-state index is 13.0. The quantitative estimate of drug-likeness (QED) is 0.150. The first-order valence-electron chi connectivity index (χ1n) is 10.5. The molecule has 0 aliphatic carbocycles. The van der Waals surface area contributed by atoms with Crippen LogP contribution < -0.4 is 9.47 Å². The molecule has 3 aromatic rings. The van der Waals surface area contributed by atoms with Crippen molar-refractivity contribution in [3.05, 3.63) is 101 Å². The second-order valence-electron chi connectivity index (χ2n) is 7.60. The second-order valence-corrected chi connectivity index (χ2v) is 10.4. The van der Waals surface area contributed by atoms with E-state index < -0.39 is 16.1 Å². The second kappa shape index (κ2) is 11.3. The topological polar surface area (TPSA) is 99.0 Å². The fourth-order valence-corrected chi connectivity index (χ4v) is 5.16. The van der Waals surface area contributed by atoms with Crippen molar-refractivity contribution in [3.8, 4) is 11.5 Å². The number of carbonyl (C=O) groups excluding carboxylic acids is 2. The molecule has 1 aliphatic heterocycles. The molecule has 1 heterocycles. The van der Waals surface area contributed by atoms with E-state index in [0.29, 0.717) is 28.1 Å². The summed E-state index contributed by atoms with van der Waals surface area (Å²) in [6.07, 6.45) is 1.58. The highest BCUT2D eigenvalue weighted by atomic mass is 79.9. The van der Waals surface area contributed by atoms with Gasteiger partial charge in [0, 0.05) is 16.1 Å². The van der Waals surface area contributed by atoms with Gasteiger partial charge in [-0.1, -0.05) is 46.3 Å². The Morgan fingerprint density at radius 1 is 1.08 bits per heavy atom. The number of para-hydroxylation sites is 1. The van der Waals surface area contributed by atoms with Gasteiger partial charge in [0.1, 0.15) is 6.61 Å². The van der Waals surface area contributed by atoms with Crippen LogP contribution in [-0.4, -0.2) is 28.1 Å². The monoisotopic (exact) mass is 632 g/mol. The van der Waals surface area contributed by atoms with Crippen LogP contribution in [-0.2, 0) is 17.9 Å². The van der Waals surface area contributed by atoms with E-state index in [1.165, 1.54) is 25.3 Å². The fourth-order valence-electron chi connectivity index (χ4n) is 3.48. The summed E-state index contributed by atoms with van der Waals surface area (Å²) in [6, 6.07) is 17.2. The van der Waals surface area contributed by atoms with Gasteiger partial charge in [0.2, 0.25) is 0 Å². The van der Waals surface area contributed by atoms with Gasteiger partial charge in [0.15, 0.2) is 11.5 Å². The number of amides is 2. The molecule has 184 valence electrons. The largest absolute Gasteiger partial charge is 0.493 e. The minimum atomic E-state index is -0.533. The van der Waals surface area contributed by atoms with Gasteiger partial charge in [0.05, 0.1) is 28.0 Å². The molecule has 0 unspecified atom stereocenters. The minimum absolute atomic E-state index is 0.145. The molecule has 1 aliphatic rings. The van der Waals surface area contributed by atoms with Crippen molar-refractivity contribution in [1.29, 1.82) is 0 Å². The zero-order chi connectivity index (χ0) is 25.8. The maximum absolute atomic E-state index is 13.0. The number of rotatable bonds is 8. The Morgan fingerprint density at radius 2 is 1.81 bits per heavy atom. The molecular formula is C25H18Br2N2O6S. The first-order chi connectivity index (χ1) is 17.3. The summed E-state index contributed by atoms with van der Waals surface area (Å²) in [5, 5.41) is 10.8. The number of nitrogens with zero attached hydrogens (tertiary/aromatic N) is 2. The highest BCUT2D eigenvalue weighted by molar-refractivity contribution is 9.10. The Bertz CT molecular complexity index is 1380. The van der Waals surface area contributed by atoms with Crippen molar-refractivity contribution in [1.82, 2.24) is 4.90 Å². The molecule has 36 heavy (non-hydrogen) atoms. The van der Waals surface area contributed by atoms with E-state index in [-0.39, 0.29) is 22.7 Å². The summed E-state index contributed by atoms with van der Waals surface area (Å²) in [5.41, 5.74) is 1.73. The molecule has 3 aromatic carbocycles. The molecule has 0 N–H and O–H groups in total. The number of methoxy groups -OCH3 is 1. The van der Waals surface area contributed by atoms with Gasteiger partial charge in [-0.05, 0) is 69.2 Å². The van der Waals surface area contributed by atoms with E-state index >= 15 is 0 Å². The standard InChI is InChI=1S/C25H18Br2N2O6S/c1-34-21-11-16(10-19(27)23(21)35-14-15-6-8-18(26)9-7-15)12-22-24(30)28(25(31)36-22)13-17-4-2-3-5-20(17)29(32)33/h2-12H,13-14H2,1H3/b22-12+. The SMILES string of the molecule is COc1cc(/C=C2/SC(=O)N(Cc3ccccc3[N+](=O)[O-])C2=O)cc(Br)c1OCc1ccc(Br)cc1. The van der Waals surface area contributed by atoms with Gasteiger partial charge < -0.3 is 9.47 Å². The summed E-state index contributed by atoms with van der Waals surface area (Å²) in [6.45, 7) is 0.140. The summed E-state index contributed by atoms with van der Waals surface area (Å²) >= 11 is 7.69. The van der Waals surface area contributed by atoms with E-state index in [4.69, 9.17) is 9.47 Å². The van der Waals surface area contributed by atoms with E-state index in [1.807, 2.05) is 24.3 Å². The van der Waals surface area contributed by atoms with E-state index in [2.05, 4.69) is 31.9 Å². The van der Waals surface area contributed by atoms with Crippen LogP contribution in [0.5, 0.6) is 11.5 Å². The normalized spacial score (nSPS) is 14.4. The van der Waals surface area contributed by atoms with Crippen LogP contribution in [0.4, 0.5) is 10.5 Å². The molecule has 0 saturated carbocycles. The van der Waals surface area contributed by atoms with Crippen molar-refractivity contribution < 1.29 is 24.0 Å². The minimum Gasteiger partial charge on any atom is -0.493 e. The van der Waals surface area contributed by atoms with E-state index in [9.17, 15) is 19.7 Å². The predicted octanol–water partition coefficient (Wildman–Crippen LogP) is 6.94. The van der Waals surface area contributed by atoms with Crippen molar-refractivity contribution >= 4 is 66.5 Å². The van der Waals surface area contributed by atoms with Crippen LogP contribution in [0.1, 0.15) is 16.7 Å². The molecule has 0 radical (unpaired) electrons. The lowest BCUT2D eigenvalue weighted by Crippen LogP contribution is -2.27. The Balaban J connectivity index is 1.54. The first-order valence-corrected chi connectivity index (χ1v) is 12.9. The van der Waals surface area contributed by atoms with Crippen LogP contribution in [0, 0.1) is 10.1 Å². The van der Waals surface area contributed by atoms with Gasteiger partial charge in [-0.25, -0.2) is 0 Å². The molecule has 1 fully saturated rings. The highest BCUT2D eigenvalue weighted by Gasteiger charge is 2.36. The zero-order valence-corrected chi connectivity index (χ0v) is 22.8. The van der Waals surface area contributed by atoms with E-state index in [1.54, 1.807) is 24.3 Å². The Hall–Kier alpha value is -3.15. The van der Waals surface area contributed by atoms with Gasteiger partial charge in [0.25, 0.3) is 16.8 Å². The highest BCUT2D eigenvalue weighted by Crippen LogP contribution is 2.40. The third-order valence-corrected chi connectivity index (χ3v) is 7.26. The van der Waals surface area contributed by atoms with Crippen molar-refractivity contribution in [2.24, 2.45) is 0 Å². The van der Waals surface area contributed by atoms with Crippen LogP contribution >= 0.6 is 43.6 Å². The summed E-state index contributed by atoms with van der Waals surface area (Å²) in [7, 11) is 1.51. The molecule has 0 aromatic heterocycles. The number of thioether (sulfide) groups is 1. The summed E-state index contributed by atoms with van der Waals surface area (Å²) in [4.78, 5) is 37.5. The van der Waals surface area contributed by atoms with Gasteiger partial charge in [-0.15, -0.1) is 0 Å². The van der Waals surface area contributed by atoms with Gasteiger partial charge in [-0.2, -0.15) is 0 Å². The van der Waals surface area contributed by atoms with Gasteiger partial charge >= 0.3 is 0 Å². The molecule has 4 rings (SSSR count). The maximum Gasteiger partial charge on any atom is 0.293 e. The third-order valence-electron chi connectivity index (χ3n) is 5.24. The predicted molar refractivity (Wildman–Crippen MR) is 144 cm³/mol. The number of halogens is 2. The lowest BCUT2D eigenvalue weighted by molar-refractivity contribution is -0.385. The Labute approximate surface area is 227 Å². The zero-order valence-electron chi connectivity index (χ0n) is 18.8. The van der Waals surface area contributed by atoms with Crippen molar-refractivity contribution in [2.45, 2.75) is 13.2 Å². The number of carbonyl (C=O) groups is 2. The molecule has 8 nitrogen and oxygen atoms in total. The van der Waals surface area contributed by atoms with Crippen molar-refractivity contribution in [3.63, 3.8) is 0 Å². The molecule has 0 bridgehead atoms. The number of benzene rings is 3. The Morgan fingerprint density at radius 3 is 2.50 bits per heavy atom. The number of imide groups is 1. The molecule has 1 saturated heterocycles. The number of hydrogen-bond donors (Lipinski definition) is 0. The van der Waals surface area contributed by atoms with Crippen molar-refractivity contribution in [2.75, 3.05) is 7.11 Å². The van der Waals surface area contributed by atoms with Crippen LogP contribution in [0.3, 0.4) is 0 Å². The first kappa shape index (κ1) is 25.9. The Kier molecular flexibility index (Phi) is 8.12. The third kappa shape index (κ3) is 5.80. The van der Waals surface area contributed by atoms with Crippen LogP contribution in [0.15, 0.2) is 74.5 Å². The van der Waals surface area contributed by atoms with Crippen LogP contribution in [0.25, 0.3) is 6.08 Å². The summed E-state index contributed by atoms with van der Waals surface area (Å²) in [5.74, 6) is 0.433. The number of ether oxygens (including phenoxy) is 2. The molecule has 0 atom stereocenters.